The van der Waals surface area contributed by atoms with E-state index < -0.39 is 0 Å². The Morgan fingerprint density at radius 1 is 1.11 bits per heavy atom. The van der Waals surface area contributed by atoms with Crippen molar-refractivity contribution in [2.24, 2.45) is 5.92 Å². The summed E-state index contributed by atoms with van der Waals surface area (Å²) in [6.45, 7) is 6.88. The quantitative estimate of drug-likeness (QED) is 0.513. The van der Waals surface area contributed by atoms with Crippen molar-refractivity contribution in [3.63, 3.8) is 0 Å². The summed E-state index contributed by atoms with van der Waals surface area (Å²) < 4.78 is 3.21. The van der Waals surface area contributed by atoms with Crippen molar-refractivity contribution < 1.29 is 0 Å². The molecule has 0 radical (unpaired) electrons. The van der Waals surface area contributed by atoms with Gasteiger partial charge in [-0.15, -0.1) is 10.2 Å². The molecule has 4 aromatic rings. The predicted molar refractivity (Wildman–Crippen MR) is 110 cm³/mol. The van der Waals surface area contributed by atoms with Gasteiger partial charge in [0.2, 0.25) is 0 Å². The third-order valence-corrected chi connectivity index (χ3v) is 5.04. The first-order valence-corrected chi connectivity index (χ1v) is 9.76. The first-order chi connectivity index (χ1) is 13.5. The van der Waals surface area contributed by atoms with Crippen molar-refractivity contribution in [1.29, 1.82) is 0 Å². The van der Waals surface area contributed by atoms with Crippen LogP contribution in [0.1, 0.15) is 32.9 Å². The highest BCUT2D eigenvalue weighted by atomic mass is 35.5. The van der Waals surface area contributed by atoms with Gasteiger partial charge in [0, 0.05) is 11.6 Å². The van der Waals surface area contributed by atoms with Crippen LogP contribution in [-0.2, 0) is 13.0 Å². The Labute approximate surface area is 167 Å². The molecular weight excluding hydrogens is 376 g/mol. The average Bonchev–Trinajstić information content (AvgIpc) is 3.07. The maximum absolute atomic E-state index is 12.8. The molecule has 0 spiro atoms. The molecule has 28 heavy (non-hydrogen) atoms. The van der Waals surface area contributed by atoms with Gasteiger partial charge in [0.05, 0.1) is 11.3 Å². The highest BCUT2D eigenvalue weighted by Crippen LogP contribution is 2.29. The summed E-state index contributed by atoms with van der Waals surface area (Å²) >= 11 is 6.02. The van der Waals surface area contributed by atoms with E-state index in [1.807, 2.05) is 31.2 Å². The maximum Gasteiger partial charge on any atom is 0.283 e. The third-order valence-electron chi connectivity index (χ3n) is 4.79. The van der Waals surface area contributed by atoms with Crippen molar-refractivity contribution in [2.45, 2.75) is 40.2 Å². The molecule has 0 fully saturated rings. The number of halogens is 1. The van der Waals surface area contributed by atoms with Gasteiger partial charge in [-0.25, -0.2) is 4.98 Å². The average molecular weight is 397 g/mol. The highest BCUT2D eigenvalue weighted by molar-refractivity contribution is 6.30. The largest absolute Gasteiger partial charge is 0.297 e. The van der Waals surface area contributed by atoms with E-state index in [1.165, 1.54) is 0 Å². The summed E-state index contributed by atoms with van der Waals surface area (Å²) in [7, 11) is 0. The molecular formula is C20H21ClN6O. The second kappa shape index (κ2) is 7.31. The molecule has 0 unspecified atom stereocenters. The van der Waals surface area contributed by atoms with Crippen LogP contribution in [0.25, 0.3) is 27.9 Å². The molecule has 0 saturated carbocycles. The molecule has 144 valence electrons. The molecule has 0 atom stereocenters. The predicted octanol–water partition coefficient (Wildman–Crippen LogP) is 3.76. The summed E-state index contributed by atoms with van der Waals surface area (Å²) in [6, 6.07) is 7.53. The Morgan fingerprint density at radius 2 is 1.86 bits per heavy atom. The molecule has 3 heterocycles. The van der Waals surface area contributed by atoms with Gasteiger partial charge in [-0.3, -0.25) is 9.36 Å². The Kier molecular flexibility index (Phi) is 4.85. The lowest BCUT2D eigenvalue weighted by atomic mass is 10.0. The SMILES string of the molecule is CCc1nn2c(nnc3c(=O)n(CCC(C)C)cnc32)c1-c1ccc(Cl)cc1. The minimum Gasteiger partial charge on any atom is -0.297 e. The highest BCUT2D eigenvalue weighted by Gasteiger charge is 2.19. The molecule has 1 aromatic carbocycles. The van der Waals surface area contributed by atoms with Gasteiger partial charge in [-0.05, 0) is 36.5 Å². The molecule has 0 N–H and O–H groups in total. The Bertz CT molecular complexity index is 1210. The van der Waals surface area contributed by atoms with Gasteiger partial charge in [0.25, 0.3) is 5.56 Å². The standard InChI is InChI=1S/C20H21ClN6O/c1-4-15-16(13-5-7-14(21)8-6-13)18-24-23-17-19(27(18)25-15)22-11-26(20(17)28)10-9-12(2)3/h5-8,11-12H,4,9-10H2,1-3H3. The number of aryl methyl sites for hydroxylation is 2. The summed E-state index contributed by atoms with van der Waals surface area (Å²) in [5.74, 6) is 0.497. The zero-order chi connectivity index (χ0) is 19.8. The van der Waals surface area contributed by atoms with E-state index in [0.717, 1.165) is 23.2 Å². The summed E-state index contributed by atoms with van der Waals surface area (Å²) in [5.41, 5.74) is 3.75. The number of benzene rings is 1. The van der Waals surface area contributed by atoms with Crippen LogP contribution in [0, 0.1) is 5.92 Å². The number of fused-ring (bicyclic) bond motifs is 3. The fourth-order valence-electron chi connectivity index (χ4n) is 3.22. The van der Waals surface area contributed by atoms with Crippen LogP contribution in [0.5, 0.6) is 0 Å². The summed E-state index contributed by atoms with van der Waals surface area (Å²) in [4.78, 5) is 17.3. The van der Waals surface area contributed by atoms with Crippen LogP contribution in [0.2, 0.25) is 5.02 Å². The van der Waals surface area contributed by atoms with E-state index >= 15 is 0 Å². The van der Waals surface area contributed by atoms with Crippen molar-refractivity contribution in [2.75, 3.05) is 0 Å². The topological polar surface area (TPSA) is 78.0 Å². The lowest BCUT2D eigenvalue weighted by Crippen LogP contribution is -2.23. The van der Waals surface area contributed by atoms with Crippen molar-refractivity contribution in [3.05, 3.63) is 51.7 Å². The van der Waals surface area contributed by atoms with Gasteiger partial charge in [-0.1, -0.05) is 44.5 Å². The second-order valence-electron chi connectivity index (χ2n) is 7.22. The minimum absolute atomic E-state index is 0.193. The van der Waals surface area contributed by atoms with Gasteiger partial charge in [-0.2, -0.15) is 9.61 Å². The molecule has 0 saturated heterocycles. The number of nitrogens with zero attached hydrogens (tertiary/aromatic N) is 6. The first kappa shape index (κ1) is 18.6. The van der Waals surface area contributed by atoms with Crippen LogP contribution in [0.3, 0.4) is 0 Å². The summed E-state index contributed by atoms with van der Waals surface area (Å²) in [5, 5.41) is 13.9. The molecule has 0 amide bonds. The maximum atomic E-state index is 12.8. The lowest BCUT2D eigenvalue weighted by molar-refractivity contribution is 0.505. The normalized spacial score (nSPS) is 11.8. The molecule has 4 rings (SSSR count). The van der Waals surface area contributed by atoms with E-state index in [1.54, 1.807) is 15.4 Å². The van der Waals surface area contributed by atoms with Crippen LogP contribution in [0.15, 0.2) is 35.4 Å². The van der Waals surface area contributed by atoms with E-state index in [9.17, 15) is 4.79 Å². The van der Waals surface area contributed by atoms with Crippen LogP contribution >= 0.6 is 11.6 Å². The molecule has 7 nitrogen and oxygen atoms in total. The van der Waals surface area contributed by atoms with Crippen LogP contribution in [0.4, 0.5) is 0 Å². The number of rotatable bonds is 5. The fraction of sp³-hybridized carbons (Fsp3) is 0.350. The van der Waals surface area contributed by atoms with Gasteiger partial charge in [0.1, 0.15) is 6.33 Å². The monoisotopic (exact) mass is 396 g/mol. The second-order valence-corrected chi connectivity index (χ2v) is 7.65. The molecule has 0 bridgehead atoms. The molecule has 0 aliphatic carbocycles. The smallest absolute Gasteiger partial charge is 0.283 e. The van der Waals surface area contributed by atoms with E-state index in [2.05, 4.69) is 34.1 Å². The lowest BCUT2D eigenvalue weighted by Gasteiger charge is -2.08. The molecule has 8 heteroatoms. The Morgan fingerprint density at radius 3 is 2.54 bits per heavy atom. The minimum atomic E-state index is -0.193. The van der Waals surface area contributed by atoms with Crippen molar-refractivity contribution >= 4 is 28.4 Å². The summed E-state index contributed by atoms with van der Waals surface area (Å²) in [6.07, 6.45) is 3.18. The van der Waals surface area contributed by atoms with Gasteiger partial charge in [0.15, 0.2) is 16.8 Å². The molecule has 0 aliphatic rings. The Hall–Kier alpha value is -2.80. The zero-order valence-electron chi connectivity index (χ0n) is 16.1. The van der Waals surface area contributed by atoms with Gasteiger partial charge < -0.3 is 0 Å². The molecule has 0 aliphatic heterocycles. The number of hydrogen-bond acceptors (Lipinski definition) is 5. The van der Waals surface area contributed by atoms with E-state index in [0.29, 0.717) is 35.2 Å². The van der Waals surface area contributed by atoms with Gasteiger partial charge >= 0.3 is 0 Å². The van der Waals surface area contributed by atoms with Crippen LogP contribution < -0.4 is 5.56 Å². The number of hydrogen-bond donors (Lipinski definition) is 0. The van der Waals surface area contributed by atoms with E-state index in [4.69, 9.17) is 11.6 Å². The van der Waals surface area contributed by atoms with Crippen molar-refractivity contribution in [3.8, 4) is 11.1 Å². The zero-order valence-corrected chi connectivity index (χ0v) is 16.8. The number of aromatic nitrogens is 6. The van der Waals surface area contributed by atoms with Crippen molar-refractivity contribution in [1.82, 2.24) is 29.4 Å². The molecule has 3 aromatic heterocycles. The van der Waals surface area contributed by atoms with E-state index in [-0.39, 0.29) is 11.1 Å². The first-order valence-electron chi connectivity index (χ1n) is 9.39. The Balaban J connectivity index is 1.92. The van der Waals surface area contributed by atoms with Crippen LogP contribution in [-0.4, -0.2) is 29.4 Å². The third kappa shape index (κ3) is 3.16. The fourth-order valence-corrected chi connectivity index (χ4v) is 3.34.